The number of benzene rings is 1. The first-order valence-corrected chi connectivity index (χ1v) is 11.1. The minimum Gasteiger partial charge on any atom is -0.268 e. The molecule has 142 valence electrons. The van der Waals surface area contributed by atoms with Crippen molar-refractivity contribution in [1.29, 1.82) is 0 Å². The van der Waals surface area contributed by atoms with Gasteiger partial charge in [0.2, 0.25) is 0 Å². The molecule has 0 unspecified atom stereocenters. The lowest BCUT2D eigenvalue weighted by molar-refractivity contribution is 0.562. The van der Waals surface area contributed by atoms with E-state index in [2.05, 4.69) is 18.0 Å². The van der Waals surface area contributed by atoms with Gasteiger partial charge in [0.25, 0.3) is 5.56 Å². The van der Waals surface area contributed by atoms with Gasteiger partial charge in [-0.3, -0.25) is 9.36 Å². The Hall–Kier alpha value is -1.94. The van der Waals surface area contributed by atoms with Gasteiger partial charge in [0, 0.05) is 4.88 Å². The lowest BCUT2D eigenvalue weighted by Gasteiger charge is -2.09. The van der Waals surface area contributed by atoms with Crippen molar-refractivity contribution in [2.75, 3.05) is 0 Å². The number of hydrogen-bond donors (Lipinski definition) is 0. The van der Waals surface area contributed by atoms with Crippen LogP contribution >= 0.6 is 11.3 Å². The summed E-state index contributed by atoms with van der Waals surface area (Å²) in [6.07, 6.45) is 14.2. The van der Waals surface area contributed by atoms with Crippen LogP contribution in [0.1, 0.15) is 67.4 Å². The highest BCUT2D eigenvalue weighted by atomic mass is 32.1. The Morgan fingerprint density at radius 1 is 0.963 bits per heavy atom. The number of aromatic nitrogens is 2. The maximum Gasteiger partial charge on any atom is 0.266 e. The fraction of sp³-hybridized carbons (Fsp3) is 0.478. The largest absolute Gasteiger partial charge is 0.268 e. The molecule has 0 aliphatic heterocycles. The van der Waals surface area contributed by atoms with E-state index in [0.717, 1.165) is 34.3 Å². The number of thiophene rings is 1. The van der Waals surface area contributed by atoms with Crippen molar-refractivity contribution < 1.29 is 0 Å². The molecule has 0 saturated heterocycles. The van der Waals surface area contributed by atoms with Crippen molar-refractivity contribution in [2.24, 2.45) is 0 Å². The van der Waals surface area contributed by atoms with Crippen molar-refractivity contribution in [3.05, 3.63) is 57.0 Å². The minimum atomic E-state index is 0.0928. The summed E-state index contributed by atoms with van der Waals surface area (Å²) in [6.45, 7) is 2.05. The molecule has 3 nitrogen and oxygen atoms in total. The highest BCUT2D eigenvalue weighted by Gasteiger charge is 2.18. The van der Waals surface area contributed by atoms with Gasteiger partial charge in [0.1, 0.15) is 11.2 Å². The Bertz CT molecular complexity index is 986. The Morgan fingerprint density at radius 2 is 1.67 bits per heavy atom. The van der Waals surface area contributed by atoms with Crippen molar-refractivity contribution in [1.82, 2.24) is 9.55 Å². The molecule has 0 spiro atoms. The van der Waals surface area contributed by atoms with Gasteiger partial charge >= 0.3 is 0 Å². The van der Waals surface area contributed by atoms with Crippen LogP contribution in [0.25, 0.3) is 15.9 Å². The van der Waals surface area contributed by atoms with Crippen molar-refractivity contribution in [2.45, 2.75) is 71.1 Å². The monoisotopic (exact) mass is 380 g/mol. The van der Waals surface area contributed by atoms with Gasteiger partial charge in [-0.15, -0.1) is 11.3 Å². The van der Waals surface area contributed by atoms with Gasteiger partial charge in [-0.2, -0.15) is 0 Å². The predicted molar refractivity (Wildman–Crippen MR) is 114 cm³/mol. The lowest BCUT2D eigenvalue weighted by Crippen LogP contribution is -2.19. The van der Waals surface area contributed by atoms with E-state index >= 15 is 0 Å². The van der Waals surface area contributed by atoms with Crippen molar-refractivity contribution >= 4 is 21.6 Å². The van der Waals surface area contributed by atoms with Crippen LogP contribution in [0, 0.1) is 6.92 Å². The number of hydrogen-bond acceptors (Lipinski definition) is 3. The molecular formula is C23H28N2OS. The maximum atomic E-state index is 13.4. The number of rotatable bonds is 1. The molecule has 4 heteroatoms. The van der Waals surface area contributed by atoms with Crippen LogP contribution in [0.3, 0.4) is 0 Å². The van der Waals surface area contributed by atoms with E-state index in [0.29, 0.717) is 0 Å². The third-order valence-electron chi connectivity index (χ3n) is 5.66. The van der Waals surface area contributed by atoms with E-state index in [1.54, 1.807) is 22.2 Å². The quantitative estimate of drug-likeness (QED) is 0.521. The molecule has 0 saturated carbocycles. The smallest absolute Gasteiger partial charge is 0.266 e. The summed E-state index contributed by atoms with van der Waals surface area (Å²) in [6, 6.07) is 8.09. The zero-order chi connectivity index (χ0) is 18.6. The van der Waals surface area contributed by atoms with Crippen LogP contribution in [0.4, 0.5) is 0 Å². The Kier molecular flexibility index (Phi) is 5.72. The second-order valence-electron chi connectivity index (χ2n) is 7.77. The lowest BCUT2D eigenvalue weighted by atomic mass is 9.99. The van der Waals surface area contributed by atoms with Gasteiger partial charge in [0.15, 0.2) is 0 Å². The first kappa shape index (κ1) is 18.4. The molecule has 1 aliphatic carbocycles. The third kappa shape index (κ3) is 4.01. The van der Waals surface area contributed by atoms with Gasteiger partial charge in [-0.1, -0.05) is 50.7 Å². The second-order valence-corrected chi connectivity index (χ2v) is 8.85. The molecule has 2 aromatic heterocycles. The third-order valence-corrected chi connectivity index (χ3v) is 6.86. The molecule has 0 radical (unpaired) electrons. The van der Waals surface area contributed by atoms with Gasteiger partial charge < -0.3 is 0 Å². The highest BCUT2D eigenvalue weighted by molar-refractivity contribution is 7.18. The van der Waals surface area contributed by atoms with Crippen LogP contribution < -0.4 is 5.56 Å². The minimum absolute atomic E-state index is 0.0928. The molecule has 4 rings (SSSR count). The summed E-state index contributed by atoms with van der Waals surface area (Å²) in [5.74, 6) is 0. The normalized spacial score (nSPS) is 16.5. The summed E-state index contributed by atoms with van der Waals surface area (Å²) < 4.78 is 1.72. The van der Waals surface area contributed by atoms with Crippen molar-refractivity contribution in [3.8, 4) is 5.69 Å². The number of fused-ring (bicyclic) bond motifs is 3. The Morgan fingerprint density at radius 3 is 2.41 bits per heavy atom. The van der Waals surface area contributed by atoms with Gasteiger partial charge in [0.05, 0.1) is 11.1 Å². The van der Waals surface area contributed by atoms with Crippen LogP contribution in [-0.2, 0) is 12.8 Å². The van der Waals surface area contributed by atoms with Crippen LogP contribution in [0.2, 0.25) is 0 Å². The summed E-state index contributed by atoms with van der Waals surface area (Å²) in [7, 11) is 0. The van der Waals surface area contributed by atoms with Gasteiger partial charge in [-0.25, -0.2) is 4.98 Å². The van der Waals surface area contributed by atoms with Gasteiger partial charge in [-0.05, 0) is 55.9 Å². The standard InChI is InChI=1S/C23H28N2OS/c1-17-11-10-12-18(15-17)25-16-24-22-21(23(25)26)19-13-8-6-4-2-3-5-7-9-14-20(19)27-22/h10-12,15-16H,2-9,13-14H2,1H3. The first-order chi connectivity index (χ1) is 13.2. The van der Waals surface area contributed by atoms with E-state index < -0.39 is 0 Å². The first-order valence-electron chi connectivity index (χ1n) is 10.3. The topological polar surface area (TPSA) is 34.9 Å². The molecule has 2 heterocycles. The average Bonchev–Trinajstić information content (AvgIpc) is 3.00. The Balaban J connectivity index is 1.79. The fourth-order valence-corrected chi connectivity index (χ4v) is 5.39. The van der Waals surface area contributed by atoms with E-state index in [1.165, 1.54) is 61.8 Å². The van der Waals surface area contributed by atoms with Crippen LogP contribution in [0.15, 0.2) is 35.4 Å². The molecule has 0 fully saturated rings. The number of nitrogens with zero attached hydrogens (tertiary/aromatic N) is 2. The molecule has 1 aliphatic rings. The number of aryl methyl sites for hydroxylation is 3. The zero-order valence-electron chi connectivity index (χ0n) is 16.2. The van der Waals surface area contributed by atoms with E-state index in [-0.39, 0.29) is 5.56 Å². The molecule has 3 aromatic rings. The summed E-state index contributed by atoms with van der Waals surface area (Å²) in [5, 5.41) is 0.871. The SMILES string of the molecule is Cc1cccc(-n2cnc3sc4c(c3c2=O)CCCCCCCCCC4)c1. The molecule has 0 atom stereocenters. The van der Waals surface area contributed by atoms with Crippen LogP contribution in [-0.4, -0.2) is 9.55 Å². The molecule has 1 aromatic carbocycles. The molecule has 0 bridgehead atoms. The summed E-state index contributed by atoms with van der Waals surface area (Å²) in [4.78, 5) is 20.4. The van der Waals surface area contributed by atoms with E-state index in [1.807, 2.05) is 18.2 Å². The van der Waals surface area contributed by atoms with Crippen LogP contribution in [0.5, 0.6) is 0 Å². The predicted octanol–water partition coefficient (Wildman–Crippen LogP) is 5.98. The zero-order valence-corrected chi connectivity index (χ0v) is 17.0. The average molecular weight is 381 g/mol. The second kappa shape index (κ2) is 8.39. The molecule has 0 amide bonds. The molecule has 27 heavy (non-hydrogen) atoms. The fourth-order valence-electron chi connectivity index (χ4n) is 4.17. The maximum absolute atomic E-state index is 13.4. The Labute approximate surface area is 165 Å². The highest BCUT2D eigenvalue weighted by Crippen LogP contribution is 2.31. The molecule has 0 N–H and O–H groups in total. The van der Waals surface area contributed by atoms with E-state index in [4.69, 9.17) is 0 Å². The molecular weight excluding hydrogens is 352 g/mol. The van der Waals surface area contributed by atoms with Crippen molar-refractivity contribution in [3.63, 3.8) is 0 Å². The van der Waals surface area contributed by atoms with E-state index in [9.17, 15) is 4.79 Å². The summed E-state index contributed by atoms with van der Waals surface area (Å²) >= 11 is 1.75. The summed E-state index contributed by atoms with van der Waals surface area (Å²) in [5.41, 5.74) is 3.44.